The highest BCUT2D eigenvalue weighted by Crippen LogP contribution is 2.24. The molecule has 1 amide bonds. The van der Waals surface area contributed by atoms with Gasteiger partial charge < -0.3 is 5.32 Å². The minimum absolute atomic E-state index is 0.101. The molecule has 0 radical (unpaired) electrons. The maximum atomic E-state index is 12.2. The molecule has 1 saturated carbocycles. The Kier molecular flexibility index (Phi) is 5.31. The summed E-state index contributed by atoms with van der Waals surface area (Å²) in [5, 5.41) is 7.13. The van der Waals surface area contributed by atoms with Crippen LogP contribution in [0.5, 0.6) is 0 Å². The van der Waals surface area contributed by atoms with Gasteiger partial charge in [-0.05, 0) is 43.7 Å². The molecule has 2 aliphatic rings. The smallest absolute Gasteiger partial charge is 0.252 e. The van der Waals surface area contributed by atoms with Gasteiger partial charge in [-0.25, -0.2) is 0 Å². The predicted octanol–water partition coefficient (Wildman–Crippen LogP) is 3.67. The Balaban J connectivity index is 1.54. The third-order valence-electron chi connectivity index (χ3n) is 4.91. The second-order valence-corrected chi connectivity index (χ2v) is 7.24. The number of carbonyl (C=O) groups is 1. The van der Waals surface area contributed by atoms with E-state index in [2.05, 4.69) is 10.2 Å². The Morgan fingerprint density at radius 2 is 1.95 bits per heavy atom. The van der Waals surface area contributed by atoms with Crippen molar-refractivity contribution in [3.8, 4) is 0 Å². The van der Waals surface area contributed by atoms with Crippen LogP contribution in [0.25, 0.3) is 0 Å². The molecule has 1 aromatic heterocycles. The second kappa shape index (κ2) is 7.41. The Hall–Kier alpha value is -0.870. The molecule has 4 heteroatoms. The average Bonchev–Trinajstić information content (AvgIpc) is 2.90. The van der Waals surface area contributed by atoms with Gasteiger partial charge in [0.25, 0.3) is 5.91 Å². The first kappa shape index (κ1) is 15.0. The van der Waals surface area contributed by atoms with Crippen molar-refractivity contribution in [2.24, 2.45) is 0 Å². The van der Waals surface area contributed by atoms with Crippen molar-refractivity contribution < 1.29 is 4.79 Å². The summed E-state index contributed by atoms with van der Waals surface area (Å²) >= 11 is 1.58. The number of likely N-dealkylation sites (tertiary alicyclic amines) is 1. The predicted molar refractivity (Wildman–Crippen MR) is 87.9 cm³/mol. The number of piperidine rings is 1. The van der Waals surface area contributed by atoms with E-state index in [0.717, 1.165) is 24.6 Å². The zero-order valence-electron chi connectivity index (χ0n) is 12.7. The highest BCUT2D eigenvalue weighted by Gasteiger charge is 2.27. The van der Waals surface area contributed by atoms with Crippen LogP contribution in [0.15, 0.2) is 16.8 Å². The van der Waals surface area contributed by atoms with E-state index < -0.39 is 0 Å². The van der Waals surface area contributed by atoms with Crippen LogP contribution in [0.1, 0.15) is 61.7 Å². The molecule has 0 aromatic carbocycles. The van der Waals surface area contributed by atoms with E-state index in [1.807, 2.05) is 16.8 Å². The maximum Gasteiger partial charge on any atom is 0.252 e. The van der Waals surface area contributed by atoms with Gasteiger partial charge in [0, 0.05) is 29.6 Å². The molecule has 2 fully saturated rings. The van der Waals surface area contributed by atoms with E-state index in [0.29, 0.717) is 6.04 Å². The van der Waals surface area contributed by atoms with Crippen molar-refractivity contribution in [2.45, 2.75) is 63.5 Å². The van der Waals surface area contributed by atoms with Crippen LogP contribution in [-0.2, 0) is 0 Å². The summed E-state index contributed by atoms with van der Waals surface area (Å²) in [4.78, 5) is 14.8. The fourth-order valence-corrected chi connectivity index (χ4v) is 4.38. The van der Waals surface area contributed by atoms with Crippen molar-refractivity contribution in [2.75, 3.05) is 13.1 Å². The van der Waals surface area contributed by atoms with Gasteiger partial charge in [0.15, 0.2) is 0 Å². The SMILES string of the molecule is O=C(N[C@H]1CCCN(C2CCCCCC2)C1)c1ccsc1. The molecule has 2 heterocycles. The minimum atomic E-state index is 0.101. The van der Waals surface area contributed by atoms with Crippen LogP contribution in [0.3, 0.4) is 0 Å². The molecule has 1 aliphatic carbocycles. The fraction of sp³-hybridized carbons (Fsp3) is 0.706. The van der Waals surface area contributed by atoms with E-state index in [4.69, 9.17) is 0 Å². The standard InChI is InChI=1S/C17H26N2OS/c20-17(14-9-11-21-13-14)18-15-6-5-10-19(12-15)16-7-3-1-2-4-8-16/h9,11,13,15-16H,1-8,10,12H2,(H,18,20)/t15-/m0/s1. The zero-order chi connectivity index (χ0) is 14.5. The van der Waals surface area contributed by atoms with Crippen LogP contribution in [0.2, 0.25) is 0 Å². The quantitative estimate of drug-likeness (QED) is 0.864. The van der Waals surface area contributed by atoms with Crippen LogP contribution < -0.4 is 5.32 Å². The molecule has 1 aliphatic heterocycles. The summed E-state index contributed by atoms with van der Waals surface area (Å²) in [5.41, 5.74) is 0.812. The topological polar surface area (TPSA) is 32.3 Å². The lowest BCUT2D eigenvalue weighted by molar-refractivity contribution is 0.0861. The Bertz CT molecular complexity index is 438. The Morgan fingerprint density at radius 3 is 2.67 bits per heavy atom. The van der Waals surface area contributed by atoms with E-state index in [-0.39, 0.29) is 5.91 Å². The number of carbonyl (C=O) groups excluding carboxylic acids is 1. The fourth-order valence-electron chi connectivity index (χ4n) is 3.74. The van der Waals surface area contributed by atoms with E-state index in [9.17, 15) is 4.79 Å². The van der Waals surface area contributed by atoms with Crippen molar-refractivity contribution >= 4 is 17.2 Å². The zero-order valence-corrected chi connectivity index (χ0v) is 13.5. The highest BCUT2D eigenvalue weighted by molar-refractivity contribution is 7.08. The molecule has 3 nitrogen and oxygen atoms in total. The second-order valence-electron chi connectivity index (χ2n) is 6.46. The monoisotopic (exact) mass is 306 g/mol. The van der Waals surface area contributed by atoms with Gasteiger partial charge >= 0.3 is 0 Å². The molecule has 1 N–H and O–H groups in total. The minimum Gasteiger partial charge on any atom is -0.348 e. The largest absolute Gasteiger partial charge is 0.348 e. The molecular formula is C17H26N2OS. The van der Waals surface area contributed by atoms with Crippen LogP contribution in [0, 0.1) is 0 Å². The average molecular weight is 306 g/mol. The molecular weight excluding hydrogens is 280 g/mol. The van der Waals surface area contributed by atoms with Gasteiger partial charge in [0.1, 0.15) is 0 Å². The number of rotatable bonds is 3. The molecule has 3 rings (SSSR count). The van der Waals surface area contributed by atoms with Crippen molar-refractivity contribution in [3.63, 3.8) is 0 Å². The summed E-state index contributed by atoms with van der Waals surface area (Å²) in [7, 11) is 0. The first-order valence-electron chi connectivity index (χ1n) is 8.40. The Labute approximate surface area is 131 Å². The molecule has 0 bridgehead atoms. The first-order valence-corrected chi connectivity index (χ1v) is 9.34. The molecule has 0 spiro atoms. The van der Waals surface area contributed by atoms with Gasteiger partial charge in [-0.3, -0.25) is 9.69 Å². The molecule has 116 valence electrons. The van der Waals surface area contributed by atoms with Gasteiger partial charge in [-0.2, -0.15) is 11.3 Å². The van der Waals surface area contributed by atoms with Crippen molar-refractivity contribution in [3.05, 3.63) is 22.4 Å². The van der Waals surface area contributed by atoms with E-state index >= 15 is 0 Å². The number of hydrogen-bond donors (Lipinski definition) is 1. The van der Waals surface area contributed by atoms with Gasteiger partial charge in [0.2, 0.25) is 0 Å². The summed E-state index contributed by atoms with van der Waals surface area (Å²) < 4.78 is 0. The number of thiophene rings is 1. The van der Waals surface area contributed by atoms with Crippen molar-refractivity contribution in [1.29, 1.82) is 0 Å². The van der Waals surface area contributed by atoms with Gasteiger partial charge in [0.05, 0.1) is 0 Å². The lowest BCUT2D eigenvalue weighted by Crippen LogP contribution is -2.50. The Morgan fingerprint density at radius 1 is 1.14 bits per heavy atom. The maximum absolute atomic E-state index is 12.2. The molecule has 1 saturated heterocycles. The highest BCUT2D eigenvalue weighted by atomic mass is 32.1. The summed E-state index contributed by atoms with van der Waals surface area (Å²) in [6.45, 7) is 2.26. The normalized spacial score (nSPS) is 25.4. The lowest BCUT2D eigenvalue weighted by atomic mass is 9.99. The molecule has 0 unspecified atom stereocenters. The summed E-state index contributed by atoms with van der Waals surface area (Å²) in [6.07, 6.45) is 10.6. The molecule has 1 aromatic rings. The van der Waals surface area contributed by atoms with Crippen LogP contribution >= 0.6 is 11.3 Å². The van der Waals surface area contributed by atoms with Crippen molar-refractivity contribution in [1.82, 2.24) is 10.2 Å². The summed E-state index contributed by atoms with van der Waals surface area (Å²) in [5.74, 6) is 0.101. The lowest BCUT2D eigenvalue weighted by Gasteiger charge is -2.38. The molecule has 1 atom stereocenters. The third kappa shape index (κ3) is 4.07. The number of amides is 1. The van der Waals surface area contributed by atoms with Crippen LogP contribution in [0.4, 0.5) is 0 Å². The number of nitrogens with one attached hydrogen (secondary N) is 1. The van der Waals surface area contributed by atoms with Gasteiger partial charge in [-0.1, -0.05) is 25.7 Å². The first-order chi connectivity index (χ1) is 10.3. The molecule has 21 heavy (non-hydrogen) atoms. The third-order valence-corrected chi connectivity index (χ3v) is 5.60. The summed E-state index contributed by atoms with van der Waals surface area (Å²) in [6, 6.07) is 2.99. The van der Waals surface area contributed by atoms with E-state index in [1.165, 1.54) is 51.5 Å². The van der Waals surface area contributed by atoms with Gasteiger partial charge in [-0.15, -0.1) is 0 Å². The van der Waals surface area contributed by atoms with E-state index in [1.54, 1.807) is 11.3 Å². The van der Waals surface area contributed by atoms with Crippen LogP contribution in [-0.4, -0.2) is 36.0 Å². The number of hydrogen-bond acceptors (Lipinski definition) is 3. The number of nitrogens with zero attached hydrogens (tertiary/aromatic N) is 1.